The predicted octanol–water partition coefficient (Wildman–Crippen LogP) is 5.42. The Kier molecular flexibility index (Phi) is 5.25. The smallest absolute Gasteiger partial charge is 0.416 e. The molecule has 2 aromatic carbocycles. The number of pyridine rings is 1. The number of alkyl halides is 3. The molecule has 28 heavy (non-hydrogen) atoms. The zero-order chi connectivity index (χ0) is 20.3. The molecule has 1 heterocycles. The Labute approximate surface area is 155 Å². The van der Waals surface area contributed by atoms with Gasteiger partial charge in [-0.2, -0.15) is 13.2 Å². The van der Waals surface area contributed by atoms with E-state index in [2.05, 4.69) is 10.3 Å². The van der Waals surface area contributed by atoms with E-state index in [0.717, 1.165) is 24.3 Å². The van der Waals surface area contributed by atoms with Crippen LogP contribution in [-0.2, 0) is 6.18 Å². The van der Waals surface area contributed by atoms with Crippen molar-refractivity contribution in [2.24, 2.45) is 0 Å². The molecule has 0 bridgehead atoms. The summed E-state index contributed by atoms with van der Waals surface area (Å²) in [6.45, 7) is 0. The molecule has 1 amide bonds. The number of ether oxygens (including phenoxy) is 1. The number of carbonyl (C=O) groups is 1. The first-order valence-electron chi connectivity index (χ1n) is 7.80. The molecule has 0 spiro atoms. The molecule has 0 saturated carbocycles. The fraction of sp³-hybridized carbons (Fsp3) is 0.0526. The van der Waals surface area contributed by atoms with E-state index in [1.807, 2.05) is 0 Å². The molecule has 3 aromatic rings. The van der Waals surface area contributed by atoms with Crippen LogP contribution in [0.5, 0.6) is 11.6 Å². The van der Waals surface area contributed by atoms with Crippen molar-refractivity contribution in [1.29, 1.82) is 0 Å². The van der Waals surface area contributed by atoms with Crippen molar-refractivity contribution in [2.75, 3.05) is 5.32 Å². The zero-order valence-electron chi connectivity index (χ0n) is 13.9. The maximum absolute atomic E-state index is 13.6. The predicted molar refractivity (Wildman–Crippen MR) is 90.1 cm³/mol. The van der Waals surface area contributed by atoms with Crippen molar-refractivity contribution >= 4 is 11.6 Å². The molecule has 1 N–H and O–H groups in total. The van der Waals surface area contributed by atoms with Crippen LogP contribution in [0, 0.1) is 11.6 Å². The number of amides is 1. The van der Waals surface area contributed by atoms with E-state index in [1.165, 1.54) is 30.5 Å². The Morgan fingerprint density at radius 1 is 1.00 bits per heavy atom. The summed E-state index contributed by atoms with van der Waals surface area (Å²) >= 11 is 0. The van der Waals surface area contributed by atoms with Crippen molar-refractivity contribution in [3.63, 3.8) is 0 Å². The summed E-state index contributed by atoms with van der Waals surface area (Å²) in [5, 5.41) is 2.26. The fourth-order valence-corrected chi connectivity index (χ4v) is 2.25. The van der Waals surface area contributed by atoms with Crippen molar-refractivity contribution in [1.82, 2.24) is 4.98 Å². The van der Waals surface area contributed by atoms with E-state index >= 15 is 0 Å². The molecule has 144 valence electrons. The van der Waals surface area contributed by atoms with Crippen LogP contribution in [-0.4, -0.2) is 10.9 Å². The van der Waals surface area contributed by atoms with Gasteiger partial charge in [-0.05, 0) is 36.4 Å². The largest absolute Gasteiger partial charge is 0.439 e. The molecule has 4 nitrogen and oxygen atoms in total. The van der Waals surface area contributed by atoms with Gasteiger partial charge in [0, 0.05) is 23.9 Å². The number of carbonyl (C=O) groups excluding carboxylic acids is 1. The Balaban J connectivity index is 1.78. The number of anilines is 1. The molecule has 1 aromatic heterocycles. The van der Waals surface area contributed by atoms with Crippen LogP contribution in [0.25, 0.3) is 0 Å². The number of nitrogens with zero attached hydrogens (tertiary/aromatic N) is 1. The van der Waals surface area contributed by atoms with Crippen LogP contribution >= 0.6 is 0 Å². The summed E-state index contributed by atoms with van der Waals surface area (Å²) < 4.78 is 70.1. The van der Waals surface area contributed by atoms with Crippen molar-refractivity contribution in [3.8, 4) is 11.6 Å². The van der Waals surface area contributed by atoms with Gasteiger partial charge in [0.25, 0.3) is 5.91 Å². The number of hydrogen-bond acceptors (Lipinski definition) is 3. The minimum atomic E-state index is -4.53. The van der Waals surface area contributed by atoms with Crippen molar-refractivity contribution in [2.45, 2.75) is 6.18 Å². The van der Waals surface area contributed by atoms with Crippen LogP contribution in [0.4, 0.5) is 27.6 Å². The minimum absolute atomic E-state index is 0.0145. The van der Waals surface area contributed by atoms with E-state index < -0.39 is 29.3 Å². The van der Waals surface area contributed by atoms with Crippen molar-refractivity contribution < 1.29 is 31.5 Å². The van der Waals surface area contributed by atoms with Crippen LogP contribution in [0.1, 0.15) is 15.9 Å². The fourth-order valence-electron chi connectivity index (χ4n) is 2.25. The molecule has 0 saturated heterocycles. The third kappa shape index (κ3) is 4.61. The molecule has 0 atom stereocenters. The first-order valence-corrected chi connectivity index (χ1v) is 7.80. The lowest BCUT2D eigenvalue weighted by Crippen LogP contribution is -2.13. The standard InChI is InChI=1S/C19H11F5N2O2/c20-13-4-5-16(15(21)10-13)26-18(27)11-6-7-25-17(8-11)28-14-3-1-2-12(9-14)19(22,23)24/h1-10H,(H,26,27). The second-order valence-electron chi connectivity index (χ2n) is 5.59. The highest BCUT2D eigenvalue weighted by Crippen LogP contribution is 2.32. The summed E-state index contributed by atoms with van der Waals surface area (Å²) in [5.74, 6) is -2.74. The van der Waals surface area contributed by atoms with Crippen LogP contribution < -0.4 is 10.1 Å². The summed E-state index contributed by atoms with van der Waals surface area (Å²) in [6, 6.07) is 9.29. The summed E-state index contributed by atoms with van der Waals surface area (Å²) in [4.78, 5) is 16.1. The number of hydrogen-bond donors (Lipinski definition) is 1. The molecule has 9 heteroatoms. The van der Waals surface area contributed by atoms with Gasteiger partial charge in [-0.25, -0.2) is 13.8 Å². The third-order valence-corrected chi connectivity index (χ3v) is 3.56. The lowest BCUT2D eigenvalue weighted by atomic mass is 10.2. The van der Waals surface area contributed by atoms with Gasteiger partial charge in [-0.1, -0.05) is 6.07 Å². The summed E-state index contributed by atoms with van der Waals surface area (Å²) in [6.07, 6.45) is -3.33. The van der Waals surface area contributed by atoms with Gasteiger partial charge in [0.2, 0.25) is 5.88 Å². The lowest BCUT2D eigenvalue weighted by molar-refractivity contribution is -0.137. The van der Waals surface area contributed by atoms with E-state index in [1.54, 1.807) is 0 Å². The average Bonchev–Trinajstić information content (AvgIpc) is 2.64. The average molecular weight is 394 g/mol. The zero-order valence-corrected chi connectivity index (χ0v) is 13.9. The maximum atomic E-state index is 13.6. The summed E-state index contributed by atoms with van der Waals surface area (Å²) in [7, 11) is 0. The normalized spacial score (nSPS) is 11.2. The van der Waals surface area contributed by atoms with Gasteiger partial charge in [0.1, 0.15) is 17.4 Å². The molecular formula is C19H11F5N2O2. The number of aromatic nitrogens is 1. The molecule has 0 radical (unpaired) electrons. The maximum Gasteiger partial charge on any atom is 0.416 e. The van der Waals surface area contributed by atoms with E-state index in [-0.39, 0.29) is 22.9 Å². The number of benzene rings is 2. The van der Waals surface area contributed by atoms with Gasteiger partial charge in [0.05, 0.1) is 11.3 Å². The highest BCUT2D eigenvalue weighted by Gasteiger charge is 2.30. The number of rotatable bonds is 4. The van der Waals surface area contributed by atoms with Gasteiger partial charge < -0.3 is 10.1 Å². The second-order valence-corrected chi connectivity index (χ2v) is 5.59. The van der Waals surface area contributed by atoms with Crippen LogP contribution in [0.15, 0.2) is 60.8 Å². The molecule has 0 aliphatic carbocycles. The molecule has 0 unspecified atom stereocenters. The molecule has 0 aliphatic rings. The molecule has 0 aliphatic heterocycles. The minimum Gasteiger partial charge on any atom is -0.439 e. The van der Waals surface area contributed by atoms with Gasteiger partial charge in [-0.15, -0.1) is 0 Å². The Bertz CT molecular complexity index is 1020. The van der Waals surface area contributed by atoms with Crippen LogP contribution in [0.3, 0.4) is 0 Å². The summed E-state index contributed by atoms with van der Waals surface area (Å²) in [5.41, 5.74) is -1.12. The van der Waals surface area contributed by atoms with Crippen LogP contribution in [0.2, 0.25) is 0 Å². The van der Waals surface area contributed by atoms with Gasteiger partial charge >= 0.3 is 6.18 Å². The second kappa shape index (κ2) is 7.63. The quantitative estimate of drug-likeness (QED) is 0.601. The van der Waals surface area contributed by atoms with E-state index in [9.17, 15) is 26.7 Å². The first-order chi connectivity index (χ1) is 13.2. The Morgan fingerprint density at radius 2 is 1.79 bits per heavy atom. The van der Waals surface area contributed by atoms with Gasteiger partial charge in [-0.3, -0.25) is 4.79 Å². The third-order valence-electron chi connectivity index (χ3n) is 3.56. The lowest BCUT2D eigenvalue weighted by Gasteiger charge is -2.10. The first kappa shape index (κ1) is 19.3. The Morgan fingerprint density at radius 3 is 2.50 bits per heavy atom. The molecule has 0 fully saturated rings. The molecule has 3 rings (SSSR count). The number of halogens is 5. The SMILES string of the molecule is O=C(Nc1ccc(F)cc1F)c1ccnc(Oc2cccc(C(F)(F)F)c2)c1. The van der Waals surface area contributed by atoms with Crippen molar-refractivity contribution in [3.05, 3.63) is 83.6 Å². The number of nitrogens with one attached hydrogen (secondary N) is 1. The topological polar surface area (TPSA) is 51.2 Å². The molecular weight excluding hydrogens is 383 g/mol. The Hall–Kier alpha value is -3.49. The highest BCUT2D eigenvalue weighted by atomic mass is 19.4. The van der Waals surface area contributed by atoms with E-state index in [0.29, 0.717) is 6.07 Å². The monoisotopic (exact) mass is 394 g/mol. The van der Waals surface area contributed by atoms with Gasteiger partial charge in [0.15, 0.2) is 0 Å². The van der Waals surface area contributed by atoms with E-state index in [4.69, 9.17) is 4.74 Å². The highest BCUT2D eigenvalue weighted by molar-refractivity contribution is 6.04.